The van der Waals surface area contributed by atoms with E-state index in [1.165, 1.54) is 0 Å². The van der Waals surface area contributed by atoms with Crippen LogP contribution in [0.1, 0.15) is 15.9 Å². The van der Waals surface area contributed by atoms with Crippen molar-refractivity contribution in [2.45, 2.75) is 12.7 Å². The summed E-state index contributed by atoms with van der Waals surface area (Å²) in [5.74, 6) is -1.23. The molecule has 0 aliphatic carbocycles. The fourth-order valence-corrected chi connectivity index (χ4v) is 1.80. The topological polar surface area (TPSA) is 114 Å². The molecule has 0 saturated heterocycles. The third kappa shape index (κ3) is 3.86. The summed E-state index contributed by atoms with van der Waals surface area (Å²) in [6.07, 6.45) is -3.69. The maximum atomic E-state index is 12.5. The van der Waals surface area contributed by atoms with Gasteiger partial charge in [-0.05, 0) is 12.1 Å². The van der Waals surface area contributed by atoms with Crippen LogP contribution in [0.2, 0.25) is 0 Å². The normalized spacial score (nSPS) is 10.9. The first-order valence-electron chi connectivity index (χ1n) is 6.30. The largest absolute Gasteiger partial charge is 0.408 e. The number of hydrogen-bond acceptors (Lipinski definition) is 5. The van der Waals surface area contributed by atoms with Crippen LogP contribution in [-0.4, -0.2) is 26.8 Å². The van der Waals surface area contributed by atoms with E-state index in [1.54, 1.807) is 6.07 Å². The summed E-state index contributed by atoms with van der Waals surface area (Å²) >= 11 is 0. The molecule has 0 fully saturated rings. The number of nitriles is 1. The van der Waals surface area contributed by atoms with Crippen LogP contribution in [0.4, 0.5) is 24.7 Å². The van der Waals surface area contributed by atoms with E-state index < -0.39 is 29.4 Å². The van der Waals surface area contributed by atoms with E-state index in [-0.39, 0.29) is 16.8 Å². The lowest BCUT2D eigenvalue weighted by Crippen LogP contribution is -2.22. The van der Waals surface area contributed by atoms with Crippen LogP contribution >= 0.6 is 0 Å². The highest BCUT2D eigenvalue weighted by Gasteiger charge is 2.30. The van der Waals surface area contributed by atoms with Gasteiger partial charge in [-0.25, -0.2) is 4.68 Å². The number of rotatable bonds is 4. The van der Waals surface area contributed by atoms with Gasteiger partial charge in [0.15, 0.2) is 0 Å². The highest BCUT2D eigenvalue weighted by molar-refractivity contribution is 6.04. The van der Waals surface area contributed by atoms with Gasteiger partial charge in [-0.3, -0.25) is 14.9 Å². The Labute approximate surface area is 132 Å². The molecule has 1 N–H and O–H groups in total. The fraction of sp³-hybridized carbons (Fsp3) is 0.154. The fourth-order valence-electron chi connectivity index (χ4n) is 1.80. The number of nitrogens with one attached hydrogen (secondary N) is 1. The first kappa shape index (κ1) is 16.9. The van der Waals surface area contributed by atoms with Crippen molar-refractivity contribution in [3.8, 4) is 6.07 Å². The molecule has 1 amide bonds. The smallest absolute Gasteiger partial charge is 0.306 e. The van der Waals surface area contributed by atoms with Crippen LogP contribution in [0.15, 0.2) is 30.5 Å². The number of benzene rings is 1. The Hall–Kier alpha value is -3.42. The molecule has 0 aliphatic rings. The Bertz CT molecular complexity index is 821. The standard InChI is InChI=1S/C13H8F3N5O3/c14-13(15,16)7-20-11(9(5-17)6-18-20)19-12(22)8-1-3-10(4-2-8)21(23)24/h1-4,6H,7H2,(H,19,22). The van der Waals surface area contributed by atoms with Gasteiger partial charge < -0.3 is 5.32 Å². The van der Waals surface area contributed by atoms with Crippen molar-refractivity contribution in [2.24, 2.45) is 0 Å². The van der Waals surface area contributed by atoms with Gasteiger partial charge in [0.05, 0.1) is 11.1 Å². The number of alkyl halides is 3. The number of non-ortho nitro benzene ring substituents is 1. The molecule has 11 heteroatoms. The minimum atomic E-state index is -4.59. The van der Waals surface area contributed by atoms with Crippen molar-refractivity contribution < 1.29 is 22.9 Å². The van der Waals surface area contributed by atoms with Gasteiger partial charge in [0.2, 0.25) is 0 Å². The second-order valence-electron chi connectivity index (χ2n) is 4.55. The van der Waals surface area contributed by atoms with Crippen LogP contribution in [0.25, 0.3) is 0 Å². The Kier molecular flexibility index (Phi) is 4.50. The van der Waals surface area contributed by atoms with Gasteiger partial charge in [-0.2, -0.15) is 23.5 Å². The Morgan fingerprint density at radius 1 is 1.38 bits per heavy atom. The van der Waals surface area contributed by atoms with Crippen LogP contribution in [-0.2, 0) is 6.54 Å². The van der Waals surface area contributed by atoms with Crippen LogP contribution in [0.5, 0.6) is 0 Å². The number of anilines is 1. The first-order valence-corrected chi connectivity index (χ1v) is 6.30. The number of nitro benzene ring substituents is 1. The summed E-state index contributed by atoms with van der Waals surface area (Å²) in [4.78, 5) is 22.0. The number of carbonyl (C=O) groups excluding carboxylic acids is 1. The summed E-state index contributed by atoms with van der Waals surface area (Å²) in [6.45, 7) is -1.48. The highest BCUT2D eigenvalue weighted by Crippen LogP contribution is 2.23. The van der Waals surface area contributed by atoms with Crippen LogP contribution in [0.3, 0.4) is 0 Å². The lowest BCUT2D eigenvalue weighted by Gasteiger charge is -2.11. The molecule has 0 bridgehead atoms. The number of halogens is 3. The second kappa shape index (κ2) is 6.37. The maximum absolute atomic E-state index is 12.5. The van der Waals surface area contributed by atoms with E-state index in [0.29, 0.717) is 4.68 Å². The molecule has 0 unspecified atom stereocenters. The van der Waals surface area contributed by atoms with Gasteiger partial charge in [-0.1, -0.05) is 0 Å². The minimum Gasteiger partial charge on any atom is -0.306 e. The molecule has 8 nitrogen and oxygen atoms in total. The second-order valence-corrected chi connectivity index (χ2v) is 4.55. The zero-order valence-corrected chi connectivity index (χ0v) is 11.7. The zero-order chi connectivity index (χ0) is 17.9. The van der Waals surface area contributed by atoms with E-state index in [2.05, 4.69) is 10.4 Å². The molecule has 0 saturated carbocycles. The van der Waals surface area contributed by atoms with Gasteiger partial charge in [0.1, 0.15) is 24.0 Å². The molecule has 2 rings (SSSR count). The summed E-state index contributed by atoms with van der Waals surface area (Å²) in [5.41, 5.74) is -0.509. The maximum Gasteiger partial charge on any atom is 0.408 e. The third-order valence-corrected chi connectivity index (χ3v) is 2.86. The zero-order valence-electron chi connectivity index (χ0n) is 11.7. The molecule has 1 aromatic carbocycles. The van der Waals surface area contributed by atoms with E-state index >= 15 is 0 Å². The Balaban J connectivity index is 2.26. The Morgan fingerprint density at radius 2 is 2.00 bits per heavy atom. The van der Waals surface area contributed by atoms with Crippen molar-refractivity contribution >= 4 is 17.4 Å². The number of nitrogens with zero attached hydrogens (tertiary/aromatic N) is 4. The van der Waals surface area contributed by atoms with Crippen molar-refractivity contribution in [3.05, 3.63) is 51.7 Å². The molecule has 1 aromatic heterocycles. The van der Waals surface area contributed by atoms with E-state index in [9.17, 15) is 28.1 Å². The van der Waals surface area contributed by atoms with Gasteiger partial charge in [0.25, 0.3) is 11.6 Å². The third-order valence-electron chi connectivity index (χ3n) is 2.86. The molecule has 0 aliphatic heterocycles. The number of amides is 1. The van der Waals surface area contributed by atoms with Gasteiger partial charge in [-0.15, -0.1) is 0 Å². The van der Waals surface area contributed by atoms with E-state index in [0.717, 1.165) is 30.5 Å². The van der Waals surface area contributed by atoms with Gasteiger partial charge in [0, 0.05) is 17.7 Å². The molecule has 0 radical (unpaired) electrons. The lowest BCUT2D eigenvalue weighted by molar-refractivity contribution is -0.384. The molecular weight excluding hydrogens is 331 g/mol. The SMILES string of the molecule is N#Cc1cnn(CC(F)(F)F)c1NC(=O)c1ccc([N+](=O)[O-])cc1. The number of carbonyl (C=O) groups is 1. The van der Waals surface area contributed by atoms with E-state index in [1.807, 2.05) is 0 Å². The predicted octanol–water partition coefficient (Wildman–Crippen LogP) is 2.48. The van der Waals surface area contributed by atoms with Crippen LogP contribution in [0, 0.1) is 21.4 Å². The predicted molar refractivity (Wildman–Crippen MR) is 74.0 cm³/mol. The minimum absolute atomic E-state index is 0.0238. The summed E-state index contributed by atoms with van der Waals surface area (Å²) in [5, 5.41) is 25.0. The highest BCUT2D eigenvalue weighted by atomic mass is 19.4. The monoisotopic (exact) mass is 339 g/mol. The van der Waals surface area contributed by atoms with Crippen molar-refractivity contribution in [1.29, 1.82) is 5.26 Å². The van der Waals surface area contributed by atoms with Crippen LogP contribution < -0.4 is 5.32 Å². The lowest BCUT2D eigenvalue weighted by atomic mass is 10.2. The van der Waals surface area contributed by atoms with Crippen molar-refractivity contribution in [2.75, 3.05) is 5.32 Å². The molecule has 2 aromatic rings. The molecule has 0 spiro atoms. The average molecular weight is 339 g/mol. The summed E-state index contributed by atoms with van der Waals surface area (Å²) < 4.78 is 37.9. The number of nitro groups is 1. The molecule has 1 heterocycles. The molecular formula is C13H8F3N5O3. The molecule has 24 heavy (non-hydrogen) atoms. The Morgan fingerprint density at radius 3 is 2.50 bits per heavy atom. The van der Waals surface area contributed by atoms with Gasteiger partial charge >= 0.3 is 6.18 Å². The van der Waals surface area contributed by atoms with E-state index in [4.69, 9.17) is 5.26 Å². The first-order chi connectivity index (χ1) is 11.2. The summed E-state index contributed by atoms with van der Waals surface area (Å²) in [7, 11) is 0. The molecule has 0 atom stereocenters. The average Bonchev–Trinajstić information content (AvgIpc) is 2.87. The van der Waals surface area contributed by atoms with Crippen molar-refractivity contribution in [3.63, 3.8) is 0 Å². The van der Waals surface area contributed by atoms with Crippen molar-refractivity contribution in [1.82, 2.24) is 9.78 Å². The number of hydrogen-bond donors (Lipinski definition) is 1. The summed E-state index contributed by atoms with van der Waals surface area (Å²) in [6, 6.07) is 6.07. The number of aromatic nitrogens is 2. The molecule has 124 valence electrons. The quantitative estimate of drug-likeness (QED) is 0.679.